The second-order valence-electron chi connectivity index (χ2n) is 7.75. The number of hydrogen-bond donors (Lipinski definition) is 0. The third kappa shape index (κ3) is 5.11. The lowest BCUT2D eigenvalue weighted by atomic mass is 9.91. The number of carbonyl (C=O) groups is 1. The maximum Gasteiger partial charge on any atom is 0.256 e. The monoisotopic (exact) mass is 420 g/mol. The maximum absolute atomic E-state index is 14.1. The Balaban J connectivity index is 1.48. The highest BCUT2D eigenvalue weighted by Crippen LogP contribution is 2.29. The van der Waals surface area contributed by atoms with Gasteiger partial charge < -0.3 is 9.64 Å². The van der Waals surface area contributed by atoms with Crippen LogP contribution < -0.4 is 0 Å². The number of aromatic nitrogens is 3. The SMILES string of the molecule is Cc1ncc(COCc2ccccc2)c(C2CCCN(C(=O)c3ccncc3F)C2)n1. The van der Waals surface area contributed by atoms with Crippen molar-refractivity contribution >= 4 is 5.91 Å². The molecule has 31 heavy (non-hydrogen) atoms. The summed E-state index contributed by atoms with van der Waals surface area (Å²) in [5, 5.41) is 0. The minimum atomic E-state index is -0.595. The van der Waals surface area contributed by atoms with Gasteiger partial charge >= 0.3 is 0 Å². The van der Waals surface area contributed by atoms with Crippen molar-refractivity contribution in [2.24, 2.45) is 0 Å². The van der Waals surface area contributed by atoms with Gasteiger partial charge in [0.15, 0.2) is 5.82 Å². The molecule has 0 radical (unpaired) electrons. The van der Waals surface area contributed by atoms with E-state index in [1.807, 2.05) is 43.5 Å². The Morgan fingerprint density at radius 3 is 2.84 bits per heavy atom. The molecule has 1 amide bonds. The summed E-state index contributed by atoms with van der Waals surface area (Å²) in [4.78, 5) is 27.4. The first-order chi connectivity index (χ1) is 15.1. The van der Waals surface area contributed by atoms with Gasteiger partial charge in [0.05, 0.1) is 30.7 Å². The molecule has 7 heteroatoms. The Morgan fingerprint density at radius 1 is 1.19 bits per heavy atom. The summed E-state index contributed by atoms with van der Waals surface area (Å²) in [6.07, 6.45) is 6.06. The molecule has 1 unspecified atom stereocenters. The summed E-state index contributed by atoms with van der Waals surface area (Å²) >= 11 is 0. The topological polar surface area (TPSA) is 68.2 Å². The second-order valence-corrected chi connectivity index (χ2v) is 7.75. The van der Waals surface area contributed by atoms with Gasteiger partial charge in [-0.25, -0.2) is 14.4 Å². The summed E-state index contributed by atoms with van der Waals surface area (Å²) in [6.45, 7) is 3.85. The second kappa shape index (κ2) is 9.75. The zero-order valence-corrected chi connectivity index (χ0v) is 17.5. The lowest BCUT2D eigenvalue weighted by Crippen LogP contribution is -2.40. The molecule has 0 aliphatic carbocycles. The molecule has 0 bridgehead atoms. The average molecular weight is 420 g/mol. The highest BCUT2D eigenvalue weighted by atomic mass is 19.1. The summed E-state index contributed by atoms with van der Waals surface area (Å²) in [7, 11) is 0. The standard InChI is InChI=1S/C24H25FN4O2/c1-17-27-12-20(16-31-15-18-6-3-2-4-7-18)23(28-17)19-8-5-11-29(14-19)24(30)21-9-10-26-13-22(21)25/h2-4,6-7,9-10,12-13,19H,5,8,11,14-16H2,1H3. The first kappa shape index (κ1) is 21.1. The van der Waals surface area contributed by atoms with Gasteiger partial charge in [-0.05, 0) is 31.4 Å². The van der Waals surface area contributed by atoms with E-state index in [0.717, 1.165) is 35.9 Å². The lowest BCUT2D eigenvalue weighted by Gasteiger charge is -2.33. The van der Waals surface area contributed by atoms with E-state index in [2.05, 4.69) is 9.97 Å². The molecule has 0 N–H and O–H groups in total. The molecule has 0 spiro atoms. The fourth-order valence-electron chi connectivity index (χ4n) is 3.93. The summed E-state index contributed by atoms with van der Waals surface area (Å²) in [6, 6.07) is 11.4. The van der Waals surface area contributed by atoms with Crippen molar-refractivity contribution in [3.63, 3.8) is 0 Å². The van der Waals surface area contributed by atoms with Crippen molar-refractivity contribution in [2.75, 3.05) is 13.1 Å². The molecule has 3 aromatic rings. The van der Waals surface area contributed by atoms with Gasteiger partial charge in [0, 0.05) is 37.0 Å². The largest absolute Gasteiger partial charge is 0.372 e. The zero-order valence-electron chi connectivity index (χ0n) is 17.5. The fraction of sp³-hybridized carbons (Fsp3) is 0.333. The van der Waals surface area contributed by atoms with Crippen LogP contribution in [0.2, 0.25) is 0 Å². The van der Waals surface area contributed by atoms with Gasteiger partial charge in [0.1, 0.15) is 5.82 Å². The van der Waals surface area contributed by atoms with Gasteiger partial charge in [0.2, 0.25) is 0 Å². The first-order valence-corrected chi connectivity index (χ1v) is 10.4. The predicted octanol–water partition coefficient (Wildman–Crippen LogP) is 4.06. The maximum atomic E-state index is 14.1. The van der Waals surface area contributed by atoms with Crippen LogP contribution in [0.1, 0.15) is 51.8 Å². The average Bonchev–Trinajstić information content (AvgIpc) is 2.81. The summed E-state index contributed by atoms with van der Waals surface area (Å²) < 4.78 is 20.0. The molecule has 1 fully saturated rings. The zero-order chi connectivity index (χ0) is 21.6. The fourth-order valence-corrected chi connectivity index (χ4v) is 3.93. The number of aryl methyl sites for hydroxylation is 1. The van der Waals surface area contributed by atoms with Gasteiger partial charge in [-0.1, -0.05) is 30.3 Å². The third-order valence-corrected chi connectivity index (χ3v) is 5.49. The van der Waals surface area contributed by atoms with Crippen LogP contribution in [-0.4, -0.2) is 38.8 Å². The Kier molecular flexibility index (Phi) is 6.62. The Labute approximate surface area is 181 Å². The molecule has 6 nitrogen and oxygen atoms in total. The molecule has 1 aliphatic heterocycles. The van der Waals surface area contributed by atoms with E-state index in [1.165, 1.54) is 12.3 Å². The molecule has 1 atom stereocenters. The molecule has 4 rings (SSSR count). The minimum absolute atomic E-state index is 0.0552. The van der Waals surface area contributed by atoms with Crippen molar-refractivity contribution in [3.05, 3.63) is 89.0 Å². The molecule has 2 aromatic heterocycles. The molecule has 160 valence electrons. The van der Waals surface area contributed by atoms with Crippen molar-refractivity contribution in [1.29, 1.82) is 0 Å². The van der Waals surface area contributed by atoms with Gasteiger partial charge in [-0.15, -0.1) is 0 Å². The van der Waals surface area contributed by atoms with E-state index >= 15 is 0 Å². The van der Waals surface area contributed by atoms with Crippen LogP contribution in [0, 0.1) is 12.7 Å². The Morgan fingerprint density at radius 2 is 2.03 bits per heavy atom. The first-order valence-electron chi connectivity index (χ1n) is 10.4. The van der Waals surface area contributed by atoms with Crippen molar-refractivity contribution < 1.29 is 13.9 Å². The van der Waals surface area contributed by atoms with Gasteiger partial charge in [-0.2, -0.15) is 0 Å². The minimum Gasteiger partial charge on any atom is -0.372 e. The van der Waals surface area contributed by atoms with E-state index in [1.54, 1.807) is 4.90 Å². The Hall–Kier alpha value is -3.19. The Bertz CT molecular complexity index is 1040. The van der Waals surface area contributed by atoms with Crippen LogP contribution in [0.5, 0.6) is 0 Å². The van der Waals surface area contributed by atoms with E-state index in [0.29, 0.717) is 32.1 Å². The number of pyridine rings is 1. The highest BCUT2D eigenvalue weighted by Gasteiger charge is 2.29. The number of benzene rings is 1. The van der Waals surface area contributed by atoms with Gasteiger partial charge in [-0.3, -0.25) is 9.78 Å². The van der Waals surface area contributed by atoms with Crippen LogP contribution in [0.3, 0.4) is 0 Å². The number of piperidine rings is 1. The number of carbonyl (C=O) groups excluding carboxylic acids is 1. The van der Waals surface area contributed by atoms with E-state index < -0.39 is 5.82 Å². The number of halogens is 1. The molecule has 1 aromatic carbocycles. The number of rotatable bonds is 6. The predicted molar refractivity (Wildman–Crippen MR) is 114 cm³/mol. The van der Waals surface area contributed by atoms with Crippen LogP contribution in [-0.2, 0) is 18.0 Å². The third-order valence-electron chi connectivity index (χ3n) is 5.49. The quantitative estimate of drug-likeness (QED) is 0.602. The van der Waals surface area contributed by atoms with Gasteiger partial charge in [0.25, 0.3) is 5.91 Å². The van der Waals surface area contributed by atoms with Crippen molar-refractivity contribution in [1.82, 2.24) is 19.9 Å². The number of hydrogen-bond acceptors (Lipinski definition) is 5. The molecular formula is C24H25FN4O2. The number of amides is 1. The number of likely N-dealkylation sites (tertiary alicyclic amines) is 1. The molecule has 3 heterocycles. The normalized spacial score (nSPS) is 16.3. The van der Waals surface area contributed by atoms with Crippen LogP contribution in [0.25, 0.3) is 0 Å². The van der Waals surface area contributed by atoms with Crippen LogP contribution in [0.4, 0.5) is 4.39 Å². The van der Waals surface area contributed by atoms with Crippen molar-refractivity contribution in [2.45, 2.75) is 38.9 Å². The molecule has 1 aliphatic rings. The highest BCUT2D eigenvalue weighted by molar-refractivity contribution is 5.94. The number of nitrogens with zero attached hydrogens (tertiary/aromatic N) is 4. The van der Waals surface area contributed by atoms with E-state index in [9.17, 15) is 9.18 Å². The lowest BCUT2D eigenvalue weighted by molar-refractivity contribution is 0.0698. The van der Waals surface area contributed by atoms with E-state index in [-0.39, 0.29) is 17.4 Å². The molecule has 0 saturated carbocycles. The molecular weight excluding hydrogens is 395 g/mol. The summed E-state index contributed by atoms with van der Waals surface area (Å²) in [5.41, 5.74) is 3.00. The summed E-state index contributed by atoms with van der Waals surface area (Å²) in [5.74, 6) is -0.162. The van der Waals surface area contributed by atoms with Crippen LogP contribution in [0.15, 0.2) is 55.0 Å². The molecule has 1 saturated heterocycles. The number of ether oxygens (including phenoxy) is 1. The smallest absolute Gasteiger partial charge is 0.256 e. The van der Waals surface area contributed by atoms with E-state index in [4.69, 9.17) is 9.72 Å². The van der Waals surface area contributed by atoms with Crippen LogP contribution >= 0.6 is 0 Å². The van der Waals surface area contributed by atoms with Crippen molar-refractivity contribution in [3.8, 4) is 0 Å².